The molecule has 1 fully saturated rings. The molecule has 9 heteroatoms. The summed E-state index contributed by atoms with van der Waals surface area (Å²) in [5.41, 5.74) is -0.569. The van der Waals surface area contributed by atoms with Crippen LogP contribution in [-0.4, -0.2) is 53.7 Å². The summed E-state index contributed by atoms with van der Waals surface area (Å²) in [4.78, 5) is 6.27. The van der Waals surface area contributed by atoms with E-state index in [-0.39, 0.29) is 18.3 Å². The predicted molar refractivity (Wildman–Crippen MR) is 83.2 cm³/mol. The van der Waals surface area contributed by atoms with Gasteiger partial charge in [-0.3, -0.25) is 0 Å². The maximum atomic E-state index is 11.2. The van der Waals surface area contributed by atoms with Crippen molar-refractivity contribution >= 4 is 16.1 Å². The number of aliphatic hydroxyl groups excluding tert-OH is 1. The summed E-state index contributed by atoms with van der Waals surface area (Å²) in [5, 5.41) is 13.0. The first-order valence-electron chi connectivity index (χ1n) is 7.88. The number of anilines is 1. The lowest BCUT2D eigenvalue weighted by atomic mass is 9.76. The Labute approximate surface area is 136 Å². The van der Waals surface area contributed by atoms with Gasteiger partial charge >= 0.3 is 6.01 Å². The summed E-state index contributed by atoms with van der Waals surface area (Å²) in [7, 11) is -4.30. The van der Waals surface area contributed by atoms with E-state index in [1.54, 1.807) is 0 Å². The van der Waals surface area contributed by atoms with Crippen LogP contribution in [0.1, 0.15) is 51.3 Å². The average molecular weight is 346 g/mol. The van der Waals surface area contributed by atoms with E-state index < -0.39 is 15.5 Å². The molecule has 1 saturated heterocycles. The Bertz CT molecular complexity index is 606. The molecule has 0 aliphatic carbocycles. The molecule has 2 rings (SSSR count). The Morgan fingerprint density at radius 2 is 2.04 bits per heavy atom. The van der Waals surface area contributed by atoms with Crippen molar-refractivity contribution in [3.63, 3.8) is 0 Å². The van der Waals surface area contributed by atoms with Gasteiger partial charge in [0, 0.05) is 31.4 Å². The Kier molecular flexibility index (Phi) is 5.64. The largest absolute Gasteiger partial charge is 0.748 e. The van der Waals surface area contributed by atoms with Gasteiger partial charge in [0.15, 0.2) is 5.82 Å². The molecule has 0 spiro atoms. The van der Waals surface area contributed by atoms with Gasteiger partial charge in [-0.15, -0.1) is 0 Å². The predicted octanol–water partition coefficient (Wildman–Crippen LogP) is 1.10. The number of aliphatic hydroxyl groups is 1. The standard InChI is InChI=1S/C14H25N3O5S/c1-11(2)12-15-13(22-16-12)17-7-5-14(6-8-17,4-3-9-18)10-23(19,20)21/h11,18H,3-10H2,1-2H3,(H,19,20,21)/p-1. The third-order valence-corrected chi connectivity index (χ3v) is 5.36. The van der Waals surface area contributed by atoms with Crippen LogP contribution in [-0.2, 0) is 10.1 Å². The molecule has 0 saturated carbocycles. The van der Waals surface area contributed by atoms with Crippen LogP contribution in [0.15, 0.2) is 4.52 Å². The van der Waals surface area contributed by atoms with Gasteiger partial charge in [0.2, 0.25) is 0 Å². The molecule has 0 radical (unpaired) electrons. The lowest BCUT2D eigenvalue weighted by Crippen LogP contribution is -2.44. The van der Waals surface area contributed by atoms with Crippen molar-refractivity contribution in [3.8, 4) is 0 Å². The first kappa shape index (κ1) is 18.2. The molecule has 132 valence electrons. The lowest BCUT2D eigenvalue weighted by molar-refractivity contribution is 0.188. The molecule has 23 heavy (non-hydrogen) atoms. The Morgan fingerprint density at radius 1 is 1.39 bits per heavy atom. The minimum Gasteiger partial charge on any atom is -0.748 e. The summed E-state index contributed by atoms with van der Waals surface area (Å²) in [6.07, 6.45) is 2.12. The second-order valence-corrected chi connectivity index (χ2v) is 8.01. The number of aromatic nitrogens is 2. The van der Waals surface area contributed by atoms with Gasteiger partial charge in [0.1, 0.15) is 0 Å². The van der Waals surface area contributed by atoms with Crippen molar-refractivity contribution in [2.75, 3.05) is 30.3 Å². The van der Waals surface area contributed by atoms with Gasteiger partial charge in [0.05, 0.1) is 10.1 Å². The zero-order valence-corrected chi connectivity index (χ0v) is 14.4. The highest BCUT2D eigenvalue weighted by Gasteiger charge is 2.37. The number of nitrogens with zero attached hydrogens (tertiary/aromatic N) is 3. The minimum atomic E-state index is -4.30. The molecule has 1 aliphatic rings. The van der Waals surface area contributed by atoms with Crippen molar-refractivity contribution in [2.45, 2.75) is 45.4 Å². The maximum absolute atomic E-state index is 11.2. The second kappa shape index (κ2) is 7.14. The maximum Gasteiger partial charge on any atom is 0.324 e. The van der Waals surface area contributed by atoms with Gasteiger partial charge in [-0.2, -0.15) is 4.98 Å². The number of hydrogen-bond acceptors (Lipinski definition) is 8. The molecular weight excluding hydrogens is 322 g/mol. The smallest absolute Gasteiger partial charge is 0.324 e. The zero-order valence-electron chi connectivity index (χ0n) is 13.6. The van der Waals surface area contributed by atoms with E-state index in [9.17, 15) is 13.0 Å². The van der Waals surface area contributed by atoms with E-state index in [2.05, 4.69) is 10.1 Å². The molecular formula is C14H24N3O5S-. The number of hydrogen-bond donors (Lipinski definition) is 1. The first-order valence-corrected chi connectivity index (χ1v) is 9.45. The van der Waals surface area contributed by atoms with Crippen molar-refractivity contribution in [3.05, 3.63) is 5.82 Å². The molecule has 0 bridgehead atoms. The van der Waals surface area contributed by atoms with E-state index in [0.29, 0.717) is 50.6 Å². The van der Waals surface area contributed by atoms with E-state index >= 15 is 0 Å². The van der Waals surface area contributed by atoms with Crippen molar-refractivity contribution < 1.29 is 22.6 Å². The Hall–Kier alpha value is -1.19. The van der Waals surface area contributed by atoms with Gasteiger partial charge < -0.3 is 19.1 Å². The van der Waals surface area contributed by atoms with E-state index in [1.165, 1.54) is 0 Å². The van der Waals surface area contributed by atoms with Gasteiger partial charge in [-0.1, -0.05) is 19.0 Å². The van der Waals surface area contributed by atoms with Gasteiger partial charge in [-0.25, -0.2) is 8.42 Å². The van der Waals surface area contributed by atoms with Crippen LogP contribution in [0, 0.1) is 5.41 Å². The molecule has 0 atom stereocenters. The van der Waals surface area contributed by atoms with Crippen molar-refractivity contribution in [2.24, 2.45) is 5.41 Å². The second-order valence-electron chi connectivity index (χ2n) is 6.61. The van der Waals surface area contributed by atoms with Crippen LogP contribution in [0.5, 0.6) is 0 Å². The highest BCUT2D eigenvalue weighted by atomic mass is 32.2. The Morgan fingerprint density at radius 3 is 2.52 bits per heavy atom. The highest BCUT2D eigenvalue weighted by molar-refractivity contribution is 7.85. The molecule has 1 aliphatic heterocycles. The Balaban J connectivity index is 2.05. The topological polar surface area (TPSA) is 120 Å². The van der Waals surface area contributed by atoms with Crippen LogP contribution in [0.25, 0.3) is 0 Å². The number of rotatable bonds is 7. The van der Waals surface area contributed by atoms with Crippen LogP contribution >= 0.6 is 0 Å². The number of piperidine rings is 1. The third kappa shape index (κ3) is 4.89. The summed E-state index contributed by atoms with van der Waals surface area (Å²) in [6.45, 7) is 5.06. The zero-order chi connectivity index (χ0) is 17.1. The summed E-state index contributed by atoms with van der Waals surface area (Å²) < 4.78 is 38.9. The molecule has 2 heterocycles. The summed E-state index contributed by atoms with van der Waals surface area (Å²) in [6, 6.07) is 0.439. The van der Waals surface area contributed by atoms with Crippen molar-refractivity contribution in [1.82, 2.24) is 10.1 Å². The fourth-order valence-electron chi connectivity index (χ4n) is 3.06. The highest BCUT2D eigenvalue weighted by Crippen LogP contribution is 2.38. The van der Waals surface area contributed by atoms with Gasteiger partial charge in [-0.05, 0) is 31.1 Å². The van der Waals surface area contributed by atoms with Crippen molar-refractivity contribution in [1.29, 1.82) is 0 Å². The van der Waals surface area contributed by atoms with Gasteiger partial charge in [0.25, 0.3) is 0 Å². The van der Waals surface area contributed by atoms with E-state index in [4.69, 9.17) is 9.63 Å². The van der Waals surface area contributed by atoms with E-state index in [1.807, 2.05) is 18.7 Å². The van der Waals surface area contributed by atoms with Crippen LogP contribution < -0.4 is 4.90 Å². The average Bonchev–Trinajstić information content (AvgIpc) is 2.94. The molecule has 0 amide bonds. The monoisotopic (exact) mass is 346 g/mol. The molecule has 1 N–H and O–H groups in total. The minimum absolute atomic E-state index is 0.00816. The molecule has 1 aromatic rings. The van der Waals surface area contributed by atoms with E-state index in [0.717, 1.165) is 0 Å². The fourth-order valence-corrected chi connectivity index (χ4v) is 4.24. The molecule has 8 nitrogen and oxygen atoms in total. The quantitative estimate of drug-likeness (QED) is 0.729. The summed E-state index contributed by atoms with van der Waals surface area (Å²) >= 11 is 0. The molecule has 0 unspecified atom stereocenters. The summed E-state index contributed by atoms with van der Waals surface area (Å²) in [5.74, 6) is 0.431. The normalized spacial score (nSPS) is 18.6. The van der Waals surface area contributed by atoms with Crippen LogP contribution in [0.4, 0.5) is 6.01 Å². The lowest BCUT2D eigenvalue weighted by Gasteiger charge is -2.41. The SMILES string of the molecule is CC(C)c1noc(N2CCC(CCCO)(CS(=O)(=O)[O-])CC2)n1. The van der Waals surface area contributed by atoms with Crippen LogP contribution in [0.3, 0.4) is 0 Å². The van der Waals surface area contributed by atoms with Crippen LogP contribution in [0.2, 0.25) is 0 Å². The first-order chi connectivity index (χ1) is 10.7. The third-order valence-electron chi connectivity index (χ3n) is 4.39. The molecule has 0 aromatic carbocycles. The fraction of sp³-hybridized carbons (Fsp3) is 0.857. The molecule has 1 aromatic heterocycles.